The lowest BCUT2D eigenvalue weighted by Gasteiger charge is -2.26. The zero-order valence-corrected chi connectivity index (χ0v) is 17.0. The molecule has 2 aromatic rings. The van der Waals surface area contributed by atoms with Gasteiger partial charge in [0.05, 0.1) is 6.54 Å². The largest absolute Gasteiger partial charge is 0.353 e. The summed E-state index contributed by atoms with van der Waals surface area (Å²) >= 11 is 0. The van der Waals surface area contributed by atoms with Crippen molar-refractivity contribution in [3.8, 4) is 0 Å². The molecule has 0 aliphatic carbocycles. The van der Waals surface area contributed by atoms with E-state index in [-0.39, 0.29) is 0 Å². The van der Waals surface area contributed by atoms with Gasteiger partial charge in [0.25, 0.3) is 0 Å². The zero-order chi connectivity index (χ0) is 19.1. The molecular weight excluding hydrogens is 334 g/mol. The smallest absolute Gasteiger partial charge is 0.194 e. The van der Waals surface area contributed by atoms with Crippen molar-refractivity contribution in [1.82, 2.24) is 19.7 Å². The number of aliphatic imine (C=N–C) groups is 1. The highest BCUT2D eigenvalue weighted by Crippen LogP contribution is 2.13. The molecule has 5 nitrogen and oxygen atoms in total. The van der Waals surface area contributed by atoms with Crippen molar-refractivity contribution < 1.29 is 0 Å². The highest BCUT2D eigenvalue weighted by atomic mass is 15.3. The van der Waals surface area contributed by atoms with E-state index in [0.717, 1.165) is 25.6 Å². The van der Waals surface area contributed by atoms with E-state index < -0.39 is 0 Å². The number of aromatic nitrogens is 1. The van der Waals surface area contributed by atoms with Crippen molar-refractivity contribution in [3.05, 3.63) is 59.4 Å². The third-order valence-electron chi connectivity index (χ3n) is 5.35. The van der Waals surface area contributed by atoms with Crippen molar-refractivity contribution in [2.24, 2.45) is 12.0 Å². The van der Waals surface area contributed by atoms with Crippen LogP contribution in [0.2, 0.25) is 0 Å². The van der Waals surface area contributed by atoms with Crippen LogP contribution >= 0.6 is 0 Å². The maximum atomic E-state index is 4.42. The van der Waals surface area contributed by atoms with Crippen LogP contribution in [0.5, 0.6) is 0 Å². The van der Waals surface area contributed by atoms with Crippen molar-refractivity contribution in [1.29, 1.82) is 0 Å². The summed E-state index contributed by atoms with van der Waals surface area (Å²) in [4.78, 5) is 9.14. The van der Waals surface area contributed by atoms with Gasteiger partial charge in [-0.15, -0.1) is 0 Å². The fourth-order valence-electron chi connectivity index (χ4n) is 3.68. The Balaban J connectivity index is 1.49. The summed E-state index contributed by atoms with van der Waals surface area (Å²) < 4.78 is 2.14. The first-order chi connectivity index (χ1) is 13.2. The maximum absolute atomic E-state index is 4.42. The molecule has 1 aliphatic rings. The molecule has 0 saturated carbocycles. The molecule has 0 atom stereocenters. The van der Waals surface area contributed by atoms with Crippen LogP contribution in [0.25, 0.3) is 0 Å². The predicted molar refractivity (Wildman–Crippen MR) is 113 cm³/mol. The van der Waals surface area contributed by atoms with Crippen molar-refractivity contribution in [2.75, 3.05) is 27.2 Å². The van der Waals surface area contributed by atoms with Gasteiger partial charge in [-0.05, 0) is 49.2 Å². The van der Waals surface area contributed by atoms with Crippen LogP contribution < -0.4 is 5.32 Å². The first-order valence-corrected chi connectivity index (χ1v) is 9.98. The van der Waals surface area contributed by atoms with Crippen LogP contribution in [-0.2, 0) is 26.7 Å². The second-order valence-corrected chi connectivity index (χ2v) is 7.52. The van der Waals surface area contributed by atoms with Gasteiger partial charge in [-0.1, -0.05) is 30.7 Å². The van der Waals surface area contributed by atoms with Gasteiger partial charge >= 0.3 is 0 Å². The summed E-state index contributed by atoms with van der Waals surface area (Å²) in [5.74, 6) is 0.911. The molecule has 1 saturated heterocycles. The van der Waals surface area contributed by atoms with Gasteiger partial charge in [-0.3, -0.25) is 9.89 Å². The van der Waals surface area contributed by atoms with E-state index in [1.807, 2.05) is 7.05 Å². The van der Waals surface area contributed by atoms with Crippen molar-refractivity contribution in [3.63, 3.8) is 0 Å². The van der Waals surface area contributed by atoms with Crippen molar-refractivity contribution >= 4 is 5.96 Å². The van der Waals surface area contributed by atoms with Gasteiger partial charge in [0.2, 0.25) is 0 Å². The van der Waals surface area contributed by atoms with E-state index in [2.05, 4.69) is 81.4 Å². The van der Waals surface area contributed by atoms with Crippen LogP contribution in [0.4, 0.5) is 0 Å². The summed E-state index contributed by atoms with van der Waals surface area (Å²) in [5.41, 5.74) is 3.96. The molecule has 5 heteroatoms. The van der Waals surface area contributed by atoms with Crippen LogP contribution in [-0.4, -0.2) is 47.5 Å². The molecule has 0 bridgehead atoms. The van der Waals surface area contributed by atoms with E-state index in [9.17, 15) is 0 Å². The predicted octanol–water partition coefficient (Wildman–Crippen LogP) is 3.22. The first-order valence-electron chi connectivity index (χ1n) is 9.98. The number of hydrogen-bond donors (Lipinski definition) is 1. The molecule has 1 aromatic carbocycles. The molecule has 1 N–H and O–H groups in total. The SMILES string of the molecule is CN=C(NCc1ccc(CN2CCCCC2)cc1)N(C)Cc1cccn1C. The Hall–Kier alpha value is -2.27. The number of hydrogen-bond acceptors (Lipinski definition) is 2. The minimum absolute atomic E-state index is 0.786. The van der Waals surface area contributed by atoms with Gasteiger partial charge in [-0.25, -0.2) is 0 Å². The molecule has 1 aliphatic heterocycles. The fraction of sp³-hybridized carbons (Fsp3) is 0.500. The van der Waals surface area contributed by atoms with E-state index in [4.69, 9.17) is 0 Å². The summed E-state index contributed by atoms with van der Waals surface area (Å²) in [6.45, 7) is 5.18. The van der Waals surface area contributed by atoms with Crippen molar-refractivity contribution in [2.45, 2.75) is 38.9 Å². The first kappa shape index (κ1) is 19.5. The number of likely N-dealkylation sites (tertiary alicyclic amines) is 1. The molecule has 0 radical (unpaired) electrons. The summed E-state index contributed by atoms with van der Waals surface area (Å²) in [6.07, 6.45) is 6.15. The molecule has 0 spiro atoms. The van der Waals surface area contributed by atoms with Gasteiger partial charge in [0.15, 0.2) is 5.96 Å². The number of rotatable bonds is 6. The van der Waals surface area contributed by atoms with Crippen LogP contribution in [0.1, 0.15) is 36.1 Å². The highest BCUT2D eigenvalue weighted by molar-refractivity contribution is 5.79. The lowest BCUT2D eigenvalue weighted by atomic mass is 10.1. The topological polar surface area (TPSA) is 35.8 Å². The van der Waals surface area contributed by atoms with Gasteiger partial charge in [0.1, 0.15) is 0 Å². The second-order valence-electron chi connectivity index (χ2n) is 7.52. The number of nitrogens with zero attached hydrogens (tertiary/aromatic N) is 4. The van der Waals surface area contributed by atoms with E-state index in [0.29, 0.717) is 0 Å². The standard InChI is InChI=1S/C22H33N5/c1-23-22(26(3)18-21-8-7-13-25(21)2)24-16-19-9-11-20(12-10-19)17-27-14-5-4-6-15-27/h7-13H,4-6,14-18H2,1-3H3,(H,23,24). The number of aryl methyl sites for hydroxylation is 1. The van der Waals surface area contributed by atoms with E-state index >= 15 is 0 Å². The summed E-state index contributed by atoms with van der Waals surface area (Å²) in [7, 11) is 5.99. The lowest BCUT2D eigenvalue weighted by molar-refractivity contribution is 0.221. The third-order valence-corrected chi connectivity index (χ3v) is 5.35. The second kappa shape index (κ2) is 9.60. The number of guanidine groups is 1. The Morgan fingerprint density at radius 2 is 1.78 bits per heavy atom. The highest BCUT2D eigenvalue weighted by Gasteiger charge is 2.11. The Morgan fingerprint density at radius 1 is 1.07 bits per heavy atom. The number of nitrogens with one attached hydrogen (secondary N) is 1. The number of benzene rings is 1. The molecule has 0 unspecified atom stereocenters. The monoisotopic (exact) mass is 367 g/mol. The van der Waals surface area contributed by atoms with Gasteiger partial charge in [0, 0.05) is 46.1 Å². The Bertz CT molecular complexity index is 725. The molecule has 27 heavy (non-hydrogen) atoms. The molecule has 3 rings (SSSR count). The van der Waals surface area contributed by atoms with Crippen LogP contribution in [0.15, 0.2) is 47.6 Å². The van der Waals surface area contributed by atoms with Gasteiger partial charge < -0.3 is 14.8 Å². The average Bonchev–Trinajstić information content (AvgIpc) is 3.09. The molecule has 1 fully saturated rings. The van der Waals surface area contributed by atoms with E-state index in [1.54, 1.807) is 0 Å². The molecule has 146 valence electrons. The third kappa shape index (κ3) is 5.60. The van der Waals surface area contributed by atoms with Crippen LogP contribution in [0.3, 0.4) is 0 Å². The van der Waals surface area contributed by atoms with E-state index in [1.165, 1.54) is 49.2 Å². The summed E-state index contributed by atoms with van der Waals surface area (Å²) in [6, 6.07) is 13.2. The summed E-state index contributed by atoms with van der Waals surface area (Å²) in [5, 5.41) is 3.47. The quantitative estimate of drug-likeness (QED) is 0.629. The minimum atomic E-state index is 0.786. The minimum Gasteiger partial charge on any atom is -0.353 e. The Labute approximate surface area is 163 Å². The fourth-order valence-corrected chi connectivity index (χ4v) is 3.68. The number of piperidine rings is 1. The maximum Gasteiger partial charge on any atom is 0.194 e. The zero-order valence-electron chi connectivity index (χ0n) is 17.0. The van der Waals surface area contributed by atoms with Crippen LogP contribution in [0, 0.1) is 0 Å². The average molecular weight is 368 g/mol. The Kier molecular flexibility index (Phi) is 6.93. The normalized spacial score (nSPS) is 15.7. The molecular formula is C22H33N5. The molecule has 2 heterocycles. The Morgan fingerprint density at radius 3 is 2.41 bits per heavy atom. The molecule has 1 aromatic heterocycles. The molecule has 0 amide bonds. The van der Waals surface area contributed by atoms with Gasteiger partial charge in [-0.2, -0.15) is 0 Å². The lowest BCUT2D eigenvalue weighted by Crippen LogP contribution is -2.38.